The van der Waals surface area contributed by atoms with Crippen molar-refractivity contribution in [1.29, 1.82) is 0 Å². The lowest BCUT2D eigenvalue weighted by atomic mass is 10.1. The third kappa shape index (κ3) is 4.46. The molecule has 0 saturated heterocycles. The molecule has 4 aromatic heterocycles. The Kier molecular flexibility index (Phi) is 6.43. The zero-order valence-corrected chi connectivity index (χ0v) is 19.2. The van der Waals surface area contributed by atoms with Crippen molar-refractivity contribution in [3.63, 3.8) is 0 Å². The lowest BCUT2D eigenvalue weighted by Crippen LogP contribution is -2.01. The van der Waals surface area contributed by atoms with Gasteiger partial charge in [0, 0.05) is 28.0 Å². The number of benzene rings is 1. The topological polar surface area (TPSA) is 83.8 Å². The van der Waals surface area contributed by atoms with Crippen molar-refractivity contribution in [1.82, 2.24) is 29.5 Å². The van der Waals surface area contributed by atoms with Gasteiger partial charge in [-0.3, -0.25) is 4.98 Å². The van der Waals surface area contributed by atoms with Gasteiger partial charge in [0.25, 0.3) is 0 Å². The SMILES string of the molecule is CSc1cccc(NCc2nc(-c3ccc4ncnn4c3)c(-c3cccc(C)n3)[nH]2)c1.Cl. The van der Waals surface area contributed by atoms with Crippen LogP contribution >= 0.6 is 24.2 Å². The summed E-state index contributed by atoms with van der Waals surface area (Å²) in [7, 11) is 0. The van der Waals surface area contributed by atoms with Crippen molar-refractivity contribution in [3.05, 3.63) is 78.6 Å². The number of pyridine rings is 2. The van der Waals surface area contributed by atoms with Crippen LogP contribution in [0.2, 0.25) is 0 Å². The summed E-state index contributed by atoms with van der Waals surface area (Å²) in [6.07, 6.45) is 5.56. The maximum Gasteiger partial charge on any atom is 0.155 e. The summed E-state index contributed by atoms with van der Waals surface area (Å²) in [5.74, 6) is 0.835. The van der Waals surface area contributed by atoms with Crippen LogP contribution in [0.5, 0.6) is 0 Å². The minimum Gasteiger partial charge on any atom is -0.378 e. The first-order chi connectivity index (χ1) is 15.2. The highest BCUT2D eigenvalue weighted by molar-refractivity contribution is 7.98. The van der Waals surface area contributed by atoms with E-state index in [4.69, 9.17) is 9.97 Å². The van der Waals surface area contributed by atoms with Gasteiger partial charge in [-0.1, -0.05) is 12.1 Å². The number of nitrogens with zero attached hydrogens (tertiary/aromatic N) is 5. The van der Waals surface area contributed by atoms with Gasteiger partial charge in [-0.2, -0.15) is 5.10 Å². The number of thioether (sulfide) groups is 1. The number of hydrogen-bond donors (Lipinski definition) is 2. The second-order valence-electron chi connectivity index (χ2n) is 7.14. The zero-order valence-electron chi connectivity index (χ0n) is 17.6. The van der Waals surface area contributed by atoms with Gasteiger partial charge in [0.15, 0.2) is 5.65 Å². The van der Waals surface area contributed by atoms with Crippen molar-refractivity contribution in [2.45, 2.75) is 18.4 Å². The van der Waals surface area contributed by atoms with Gasteiger partial charge in [0.1, 0.15) is 12.2 Å². The summed E-state index contributed by atoms with van der Waals surface area (Å²) >= 11 is 1.72. The molecule has 0 aliphatic heterocycles. The number of aryl methyl sites for hydroxylation is 1. The first-order valence-electron chi connectivity index (χ1n) is 9.90. The van der Waals surface area contributed by atoms with Crippen LogP contribution < -0.4 is 5.32 Å². The summed E-state index contributed by atoms with van der Waals surface area (Å²) < 4.78 is 1.75. The number of fused-ring (bicyclic) bond motifs is 1. The molecule has 0 unspecified atom stereocenters. The second kappa shape index (κ2) is 9.42. The van der Waals surface area contributed by atoms with E-state index in [2.05, 4.69) is 50.9 Å². The molecule has 32 heavy (non-hydrogen) atoms. The van der Waals surface area contributed by atoms with Crippen LogP contribution in [0.4, 0.5) is 5.69 Å². The standard InChI is InChI=1S/C23H21N7S.ClH/c1-15-5-3-8-19(27-15)23-22(16-9-10-21-25-14-26-30(21)13-16)28-20(29-23)12-24-17-6-4-7-18(11-17)31-2;/h3-11,13-14,24H,12H2,1-2H3,(H,28,29);1H. The Hall–Kier alpha value is -3.36. The van der Waals surface area contributed by atoms with E-state index in [9.17, 15) is 0 Å². The fourth-order valence-corrected chi connectivity index (χ4v) is 3.92. The number of H-pyrrole nitrogens is 1. The molecular formula is C23H22ClN7S. The largest absolute Gasteiger partial charge is 0.378 e. The highest BCUT2D eigenvalue weighted by Gasteiger charge is 2.16. The molecule has 0 atom stereocenters. The minimum absolute atomic E-state index is 0. The third-order valence-electron chi connectivity index (χ3n) is 4.97. The first kappa shape index (κ1) is 21.9. The van der Waals surface area contributed by atoms with Crippen LogP contribution in [0.25, 0.3) is 28.3 Å². The number of nitrogens with one attached hydrogen (secondary N) is 2. The normalized spacial score (nSPS) is 10.8. The fraction of sp³-hybridized carbons (Fsp3) is 0.130. The summed E-state index contributed by atoms with van der Waals surface area (Å²) in [6.45, 7) is 2.56. The number of imidazole rings is 1. The number of rotatable bonds is 6. The molecule has 0 bridgehead atoms. The molecule has 0 spiro atoms. The first-order valence-corrected chi connectivity index (χ1v) is 11.1. The van der Waals surface area contributed by atoms with Crippen LogP contribution in [-0.4, -0.2) is 35.8 Å². The van der Waals surface area contributed by atoms with Crippen molar-refractivity contribution in [2.75, 3.05) is 11.6 Å². The van der Waals surface area contributed by atoms with Gasteiger partial charge in [-0.25, -0.2) is 14.5 Å². The van der Waals surface area contributed by atoms with E-state index in [0.717, 1.165) is 45.5 Å². The van der Waals surface area contributed by atoms with Crippen molar-refractivity contribution < 1.29 is 0 Å². The quantitative estimate of drug-likeness (QED) is 0.335. The molecule has 0 radical (unpaired) electrons. The van der Waals surface area contributed by atoms with E-state index in [1.807, 2.05) is 43.5 Å². The Morgan fingerprint density at radius 2 is 1.94 bits per heavy atom. The van der Waals surface area contributed by atoms with Gasteiger partial charge in [-0.05, 0) is 55.6 Å². The Labute approximate surface area is 196 Å². The molecular weight excluding hydrogens is 442 g/mol. The average molecular weight is 464 g/mol. The van der Waals surface area contributed by atoms with Crippen LogP contribution in [0, 0.1) is 6.92 Å². The predicted molar refractivity (Wildman–Crippen MR) is 131 cm³/mol. The molecule has 0 amide bonds. The Balaban J connectivity index is 0.00000245. The number of aromatic nitrogens is 6. The van der Waals surface area contributed by atoms with Gasteiger partial charge >= 0.3 is 0 Å². The van der Waals surface area contributed by atoms with Gasteiger partial charge in [-0.15, -0.1) is 24.2 Å². The molecule has 5 rings (SSSR count). The maximum atomic E-state index is 4.91. The predicted octanol–water partition coefficient (Wildman–Crippen LogP) is 5.25. The molecule has 4 heterocycles. The van der Waals surface area contributed by atoms with Crippen LogP contribution in [0.3, 0.4) is 0 Å². The number of anilines is 1. The summed E-state index contributed by atoms with van der Waals surface area (Å²) in [5, 5.41) is 7.72. The number of halogens is 1. The van der Waals surface area contributed by atoms with E-state index in [1.165, 1.54) is 4.90 Å². The molecule has 7 nitrogen and oxygen atoms in total. The highest BCUT2D eigenvalue weighted by atomic mass is 35.5. The molecule has 9 heteroatoms. The van der Waals surface area contributed by atoms with E-state index < -0.39 is 0 Å². The lowest BCUT2D eigenvalue weighted by molar-refractivity contribution is 0.960. The van der Waals surface area contributed by atoms with Gasteiger partial charge in [0.05, 0.1) is 23.6 Å². The smallest absolute Gasteiger partial charge is 0.155 e. The highest BCUT2D eigenvalue weighted by Crippen LogP contribution is 2.30. The van der Waals surface area contributed by atoms with Crippen LogP contribution in [-0.2, 0) is 6.54 Å². The Bertz CT molecular complexity index is 1360. The van der Waals surface area contributed by atoms with Crippen molar-refractivity contribution in [3.8, 4) is 22.6 Å². The number of hydrogen-bond acceptors (Lipinski definition) is 6. The second-order valence-corrected chi connectivity index (χ2v) is 8.02. The van der Waals surface area contributed by atoms with E-state index in [1.54, 1.807) is 22.6 Å². The molecule has 0 saturated carbocycles. The zero-order chi connectivity index (χ0) is 21.2. The van der Waals surface area contributed by atoms with E-state index in [-0.39, 0.29) is 12.4 Å². The molecule has 0 aliphatic rings. The number of aromatic amines is 1. The molecule has 0 aliphatic carbocycles. The molecule has 162 valence electrons. The molecule has 1 aromatic carbocycles. The van der Waals surface area contributed by atoms with Crippen molar-refractivity contribution in [2.24, 2.45) is 0 Å². The Morgan fingerprint density at radius 1 is 1.06 bits per heavy atom. The van der Waals surface area contributed by atoms with Crippen LogP contribution in [0.15, 0.2) is 72.0 Å². The monoisotopic (exact) mass is 463 g/mol. The Morgan fingerprint density at radius 3 is 2.78 bits per heavy atom. The lowest BCUT2D eigenvalue weighted by Gasteiger charge is -2.05. The average Bonchev–Trinajstić information content (AvgIpc) is 3.44. The molecule has 2 N–H and O–H groups in total. The van der Waals surface area contributed by atoms with Crippen LogP contribution in [0.1, 0.15) is 11.5 Å². The summed E-state index contributed by atoms with van der Waals surface area (Å²) in [4.78, 5) is 18.5. The summed E-state index contributed by atoms with van der Waals surface area (Å²) in [5.41, 5.74) is 6.34. The minimum atomic E-state index is 0. The molecule has 0 fully saturated rings. The maximum absolute atomic E-state index is 4.91. The third-order valence-corrected chi connectivity index (χ3v) is 5.70. The molecule has 5 aromatic rings. The fourth-order valence-electron chi connectivity index (χ4n) is 3.46. The summed E-state index contributed by atoms with van der Waals surface area (Å²) in [6, 6.07) is 18.3. The van der Waals surface area contributed by atoms with Gasteiger partial charge < -0.3 is 10.3 Å². The van der Waals surface area contributed by atoms with E-state index >= 15 is 0 Å². The van der Waals surface area contributed by atoms with Crippen molar-refractivity contribution >= 4 is 35.5 Å². The van der Waals surface area contributed by atoms with E-state index in [0.29, 0.717) is 6.54 Å². The van der Waals surface area contributed by atoms with Gasteiger partial charge in [0.2, 0.25) is 0 Å².